The fraction of sp³-hybridized carbons (Fsp3) is 1.00. The zero-order valence-electron chi connectivity index (χ0n) is 11.5. The van der Waals surface area contributed by atoms with Gasteiger partial charge in [-0.2, -0.15) is 0 Å². The van der Waals surface area contributed by atoms with Crippen LogP contribution in [0, 0.1) is 5.92 Å². The monoisotopic (exact) mass is 243 g/mol. The molecule has 0 aromatic rings. The van der Waals surface area contributed by atoms with E-state index < -0.39 is 0 Å². The van der Waals surface area contributed by atoms with Crippen LogP contribution in [0.4, 0.5) is 0 Å². The minimum Gasteiger partial charge on any atom is -0.379 e. The molecule has 0 amide bonds. The van der Waals surface area contributed by atoms with E-state index in [4.69, 9.17) is 15.2 Å². The predicted molar refractivity (Wildman–Crippen MR) is 71.1 cm³/mol. The molecule has 0 radical (unpaired) electrons. The van der Waals surface area contributed by atoms with Crippen LogP contribution in [0.15, 0.2) is 0 Å². The van der Waals surface area contributed by atoms with E-state index in [2.05, 4.69) is 13.8 Å². The lowest BCUT2D eigenvalue weighted by Gasteiger charge is -2.31. The number of hydrogen-bond acceptors (Lipinski definition) is 3. The molecule has 3 heteroatoms. The van der Waals surface area contributed by atoms with Crippen molar-refractivity contribution in [3.8, 4) is 0 Å². The second-order valence-corrected chi connectivity index (χ2v) is 5.62. The average molecular weight is 243 g/mol. The maximum Gasteiger partial charge on any atom is 0.0805 e. The highest BCUT2D eigenvalue weighted by atomic mass is 16.5. The number of rotatable bonds is 7. The molecule has 0 atom stereocenters. The Morgan fingerprint density at radius 2 is 1.71 bits per heavy atom. The molecule has 0 spiro atoms. The molecule has 1 rings (SSSR count). The Morgan fingerprint density at radius 1 is 1.06 bits per heavy atom. The van der Waals surface area contributed by atoms with Crippen molar-refractivity contribution in [3.63, 3.8) is 0 Å². The molecule has 1 saturated carbocycles. The molecular weight excluding hydrogens is 214 g/mol. The summed E-state index contributed by atoms with van der Waals surface area (Å²) in [6.07, 6.45) is 7.40. The number of nitrogens with two attached hydrogens (primary N) is 1. The smallest absolute Gasteiger partial charge is 0.0805 e. The molecule has 0 aliphatic heterocycles. The van der Waals surface area contributed by atoms with Gasteiger partial charge in [-0.3, -0.25) is 0 Å². The highest BCUT2D eigenvalue weighted by Crippen LogP contribution is 2.29. The molecule has 1 aliphatic rings. The first-order valence-corrected chi connectivity index (χ1v) is 7.10. The first-order chi connectivity index (χ1) is 8.18. The van der Waals surface area contributed by atoms with E-state index in [-0.39, 0.29) is 5.60 Å². The molecule has 0 saturated heterocycles. The molecular formula is C14H29NO2. The quantitative estimate of drug-likeness (QED) is 0.552. The standard InChI is InChI=1S/C14H29NO2/c1-13(2)11-16-9-10-17-14(12-15)7-5-3-4-6-8-14/h13H,3-12,15H2,1-2H3. The summed E-state index contributed by atoms with van der Waals surface area (Å²) in [5, 5.41) is 0. The molecule has 0 aromatic heterocycles. The SMILES string of the molecule is CC(C)COCCOC1(CN)CCCCCC1. The predicted octanol–water partition coefficient (Wildman–Crippen LogP) is 2.73. The van der Waals surface area contributed by atoms with Gasteiger partial charge < -0.3 is 15.2 Å². The molecule has 3 nitrogen and oxygen atoms in total. The van der Waals surface area contributed by atoms with Gasteiger partial charge in [0.1, 0.15) is 0 Å². The highest BCUT2D eigenvalue weighted by molar-refractivity contribution is 4.84. The van der Waals surface area contributed by atoms with Crippen LogP contribution in [0.3, 0.4) is 0 Å². The van der Waals surface area contributed by atoms with Crippen LogP contribution < -0.4 is 5.73 Å². The number of hydrogen-bond donors (Lipinski definition) is 1. The fourth-order valence-corrected chi connectivity index (χ4v) is 2.42. The van der Waals surface area contributed by atoms with Crippen LogP contribution in [0.2, 0.25) is 0 Å². The summed E-state index contributed by atoms with van der Waals surface area (Å²) in [6, 6.07) is 0. The third-order valence-corrected chi connectivity index (χ3v) is 3.47. The van der Waals surface area contributed by atoms with Crippen LogP contribution >= 0.6 is 0 Å². The van der Waals surface area contributed by atoms with E-state index in [0.29, 0.717) is 25.7 Å². The van der Waals surface area contributed by atoms with Crippen LogP contribution in [0.1, 0.15) is 52.4 Å². The van der Waals surface area contributed by atoms with Crippen LogP contribution in [-0.2, 0) is 9.47 Å². The second kappa shape index (κ2) is 8.06. The van der Waals surface area contributed by atoms with Crippen molar-refractivity contribution in [1.29, 1.82) is 0 Å². The van der Waals surface area contributed by atoms with Gasteiger partial charge in [0.15, 0.2) is 0 Å². The molecule has 17 heavy (non-hydrogen) atoms. The van der Waals surface area contributed by atoms with E-state index in [0.717, 1.165) is 19.4 Å². The first kappa shape index (κ1) is 14.9. The first-order valence-electron chi connectivity index (χ1n) is 7.10. The Balaban J connectivity index is 2.20. The van der Waals surface area contributed by atoms with Crippen molar-refractivity contribution in [1.82, 2.24) is 0 Å². The Hall–Kier alpha value is -0.120. The normalized spacial score (nSPS) is 20.5. The molecule has 0 bridgehead atoms. The second-order valence-electron chi connectivity index (χ2n) is 5.62. The lowest BCUT2D eigenvalue weighted by Crippen LogP contribution is -2.41. The summed E-state index contributed by atoms with van der Waals surface area (Å²) in [4.78, 5) is 0. The van der Waals surface area contributed by atoms with Crippen molar-refractivity contribution >= 4 is 0 Å². The van der Waals surface area contributed by atoms with Gasteiger partial charge in [0.2, 0.25) is 0 Å². The van der Waals surface area contributed by atoms with E-state index in [1.807, 2.05) is 0 Å². The average Bonchev–Trinajstić information content (AvgIpc) is 2.54. The molecule has 0 heterocycles. The van der Waals surface area contributed by atoms with Gasteiger partial charge in [-0.05, 0) is 18.8 Å². The lowest BCUT2D eigenvalue weighted by atomic mass is 9.94. The van der Waals surface area contributed by atoms with E-state index in [1.165, 1.54) is 25.7 Å². The van der Waals surface area contributed by atoms with Gasteiger partial charge in [0.25, 0.3) is 0 Å². The summed E-state index contributed by atoms with van der Waals surface area (Å²) in [6.45, 7) is 7.17. The van der Waals surface area contributed by atoms with Gasteiger partial charge in [-0.25, -0.2) is 0 Å². The van der Waals surface area contributed by atoms with E-state index >= 15 is 0 Å². The zero-order chi connectivity index (χ0) is 12.6. The minimum atomic E-state index is -0.0578. The van der Waals surface area contributed by atoms with E-state index in [1.54, 1.807) is 0 Å². The van der Waals surface area contributed by atoms with Gasteiger partial charge in [0, 0.05) is 13.2 Å². The third kappa shape index (κ3) is 5.84. The Morgan fingerprint density at radius 3 is 2.24 bits per heavy atom. The highest BCUT2D eigenvalue weighted by Gasteiger charge is 2.30. The summed E-state index contributed by atoms with van der Waals surface area (Å²) >= 11 is 0. The van der Waals surface area contributed by atoms with Crippen LogP contribution in [0.5, 0.6) is 0 Å². The molecule has 2 N–H and O–H groups in total. The summed E-state index contributed by atoms with van der Waals surface area (Å²) < 4.78 is 11.6. The molecule has 0 aromatic carbocycles. The summed E-state index contributed by atoms with van der Waals surface area (Å²) in [7, 11) is 0. The Kier molecular flexibility index (Phi) is 7.09. The molecule has 102 valence electrons. The largest absolute Gasteiger partial charge is 0.379 e. The summed E-state index contributed by atoms with van der Waals surface area (Å²) in [5.41, 5.74) is 5.85. The fourth-order valence-electron chi connectivity index (χ4n) is 2.42. The van der Waals surface area contributed by atoms with Crippen molar-refractivity contribution in [3.05, 3.63) is 0 Å². The van der Waals surface area contributed by atoms with Gasteiger partial charge in [-0.1, -0.05) is 39.5 Å². The molecule has 1 fully saturated rings. The molecule has 0 unspecified atom stereocenters. The van der Waals surface area contributed by atoms with Gasteiger partial charge in [0.05, 0.1) is 18.8 Å². The van der Waals surface area contributed by atoms with Crippen LogP contribution in [-0.4, -0.2) is 32.0 Å². The topological polar surface area (TPSA) is 44.5 Å². The van der Waals surface area contributed by atoms with E-state index in [9.17, 15) is 0 Å². The van der Waals surface area contributed by atoms with Gasteiger partial charge in [-0.15, -0.1) is 0 Å². The van der Waals surface area contributed by atoms with Crippen molar-refractivity contribution < 1.29 is 9.47 Å². The lowest BCUT2D eigenvalue weighted by molar-refractivity contribution is -0.0725. The molecule has 1 aliphatic carbocycles. The van der Waals surface area contributed by atoms with Gasteiger partial charge >= 0.3 is 0 Å². The zero-order valence-corrected chi connectivity index (χ0v) is 11.5. The maximum atomic E-state index is 6.03. The maximum absolute atomic E-state index is 6.03. The minimum absolute atomic E-state index is 0.0578. The van der Waals surface area contributed by atoms with Crippen molar-refractivity contribution in [2.75, 3.05) is 26.4 Å². The van der Waals surface area contributed by atoms with Crippen LogP contribution in [0.25, 0.3) is 0 Å². The number of ether oxygens (including phenoxy) is 2. The Labute approximate surface area is 106 Å². The third-order valence-electron chi connectivity index (χ3n) is 3.47. The Bertz CT molecular complexity index is 187. The van der Waals surface area contributed by atoms with Crippen molar-refractivity contribution in [2.45, 2.75) is 58.0 Å². The summed E-state index contributed by atoms with van der Waals surface area (Å²) in [5.74, 6) is 0.594. The van der Waals surface area contributed by atoms with Crippen molar-refractivity contribution in [2.24, 2.45) is 11.7 Å².